The monoisotopic (exact) mass is 577 g/mol. The SMILES string of the molecule is COc1nc(NC2CCN(S(C)(=O)=O)CC2(F)F)nn2cc(F)c(-c3cc(F)c4ncn(CC(F)F)c4c3)c12. The quantitative estimate of drug-likeness (QED) is 0.336. The van der Waals surface area contributed by atoms with Crippen molar-refractivity contribution in [1.82, 2.24) is 28.5 Å². The lowest BCUT2D eigenvalue weighted by atomic mass is 10.0. The number of methoxy groups -OCH3 is 1. The Morgan fingerprint density at radius 3 is 2.62 bits per heavy atom. The molecule has 0 aliphatic carbocycles. The minimum Gasteiger partial charge on any atom is -0.479 e. The van der Waals surface area contributed by atoms with Gasteiger partial charge in [-0.25, -0.2) is 44.3 Å². The zero-order chi connectivity index (χ0) is 28.3. The summed E-state index contributed by atoms with van der Waals surface area (Å²) in [5, 5.41) is 6.52. The zero-order valence-electron chi connectivity index (χ0n) is 20.4. The van der Waals surface area contributed by atoms with Gasteiger partial charge < -0.3 is 14.6 Å². The van der Waals surface area contributed by atoms with E-state index >= 15 is 4.39 Å². The number of sulfonamides is 1. The van der Waals surface area contributed by atoms with Crippen LogP contribution in [-0.2, 0) is 16.6 Å². The summed E-state index contributed by atoms with van der Waals surface area (Å²) in [6.07, 6.45) is -0.210. The van der Waals surface area contributed by atoms with Gasteiger partial charge >= 0.3 is 0 Å². The number of benzene rings is 1. The molecule has 1 atom stereocenters. The van der Waals surface area contributed by atoms with Crippen molar-refractivity contribution in [3.05, 3.63) is 36.3 Å². The minimum atomic E-state index is -3.82. The molecule has 1 aliphatic rings. The Hall–Kier alpha value is -3.60. The molecule has 17 heteroatoms. The lowest BCUT2D eigenvalue weighted by Gasteiger charge is -2.37. The molecule has 0 amide bonds. The summed E-state index contributed by atoms with van der Waals surface area (Å²) in [6.45, 7) is -1.96. The fourth-order valence-electron chi connectivity index (χ4n) is 4.58. The second kappa shape index (κ2) is 9.55. The van der Waals surface area contributed by atoms with Crippen LogP contribution >= 0.6 is 0 Å². The molecule has 10 nitrogen and oxygen atoms in total. The highest BCUT2D eigenvalue weighted by Crippen LogP contribution is 2.37. The van der Waals surface area contributed by atoms with Crippen LogP contribution in [0, 0.1) is 11.6 Å². The predicted molar refractivity (Wildman–Crippen MR) is 128 cm³/mol. The second-order valence-electron chi connectivity index (χ2n) is 9.05. The molecular weight excluding hydrogens is 556 g/mol. The van der Waals surface area contributed by atoms with Gasteiger partial charge in [-0.15, -0.1) is 5.10 Å². The number of hydrogen-bond donors (Lipinski definition) is 1. The van der Waals surface area contributed by atoms with E-state index in [0.717, 1.165) is 33.9 Å². The van der Waals surface area contributed by atoms with Gasteiger partial charge in [0.15, 0.2) is 11.6 Å². The van der Waals surface area contributed by atoms with Gasteiger partial charge in [-0.1, -0.05) is 0 Å². The largest absolute Gasteiger partial charge is 0.479 e. The van der Waals surface area contributed by atoms with Crippen LogP contribution in [0.15, 0.2) is 24.7 Å². The highest BCUT2D eigenvalue weighted by atomic mass is 32.2. The van der Waals surface area contributed by atoms with E-state index in [9.17, 15) is 30.4 Å². The number of rotatable bonds is 7. The van der Waals surface area contributed by atoms with E-state index in [0.29, 0.717) is 4.31 Å². The average Bonchev–Trinajstić information content (AvgIpc) is 3.38. The normalized spacial score (nSPS) is 18.3. The number of piperidine rings is 1. The number of nitrogens with one attached hydrogen (secondary N) is 1. The van der Waals surface area contributed by atoms with Crippen molar-refractivity contribution in [3.63, 3.8) is 0 Å². The van der Waals surface area contributed by atoms with Crippen molar-refractivity contribution < 1.29 is 39.5 Å². The van der Waals surface area contributed by atoms with Crippen LogP contribution in [0.25, 0.3) is 27.7 Å². The number of nitrogens with zero attached hydrogens (tertiary/aromatic N) is 6. The van der Waals surface area contributed by atoms with Crippen LogP contribution in [0.4, 0.5) is 32.3 Å². The summed E-state index contributed by atoms with van der Waals surface area (Å²) in [4.78, 5) is 7.88. The summed E-state index contributed by atoms with van der Waals surface area (Å²) in [5.74, 6) is -5.85. The highest BCUT2D eigenvalue weighted by Gasteiger charge is 2.47. The molecule has 3 aromatic heterocycles. The van der Waals surface area contributed by atoms with E-state index in [2.05, 4.69) is 20.4 Å². The molecule has 0 radical (unpaired) electrons. The van der Waals surface area contributed by atoms with Crippen LogP contribution in [0.1, 0.15) is 6.42 Å². The molecule has 1 N–H and O–H groups in total. The Bertz CT molecular complexity index is 1670. The summed E-state index contributed by atoms with van der Waals surface area (Å²) < 4.78 is 117. The molecule has 39 heavy (non-hydrogen) atoms. The van der Waals surface area contributed by atoms with E-state index in [-0.39, 0.29) is 52.5 Å². The van der Waals surface area contributed by atoms with Crippen LogP contribution in [-0.4, -0.2) is 81.7 Å². The molecule has 4 aromatic rings. The van der Waals surface area contributed by atoms with E-state index < -0.39 is 53.1 Å². The molecule has 0 spiro atoms. The lowest BCUT2D eigenvalue weighted by Crippen LogP contribution is -2.55. The number of ether oxygens (including phenoxy) is 1. The molecule has 5 rings (SSSR count). The summed E-state index contributed by atoms with van der Waals surface area (Å²) in [5.41, 5.74) is -0.502. The van der Waals surface area contributed by atoms with Crippen LogP contribution < -0.4 is 10.1 Å². The van der Waals surface area contributed by atoms with Crippen molar-refractivity contribution in [2.45, 2.75) is 31.4 Å². The van der Waals surface area contributed by atoms with Gasteiger partial charge in [-0.05, 0) is 24.1 Å². The number of alkyl halides is 4. The lowest BCUT2D eigenvalue weighted by molar-refractivity contribution is -0.0541. The first-order valence-electron chi connectivity index (χ1n) is 11.4. The molecule has 1 unspecified atom stereocenters. The molecule has 4 heterocycles. The third kappa shape index (κ3) is 4.95. The molecule has 1 aliphatic heterocycles. The Morgan fingerprint density at radius 1 is 1.23 bits per heavy atom. The van der Waals surface area contributed by atoms with Crippen LogP contribution in [0.5, 0.6) is 5.88 Å². The summed E-state index contributed by atoms with van der Waals surface area (Å²) in [6, 6.07) is 0.722. The minimum absolute atomic E-state index is 0.00453. The third-order valence-corrected chi connectivity index (χ3v) is 7.63. The molecule has 0 bridgehead atoms. The van der Waals surface area contributed by atoms with Crippen molar-refractivity contribution in [1.29, 1.82) is 0 Å². The molecule has 210 valence electrons. The molecule has 1 fully saturated rings. The molecule has 1 saturated heterocycles. The first kappa shape index (κ1) is 27.0. The van der Waals surface area contributed by atoms with Gasteiger partial charge in [0.05, 0.1) is 56.1 Å². The van der Waals surface area contributed by atoms with Crippen molar-refractivity contribution in [2.75, 3.05) is 31.8 Å². The topological polar surface area (TPSA) is 107 Å². The van der Waals surface area contributed by atoms with Gasteiger partial charge in [0.2, 0.25) is 21.9 Å². The van der Waals surface area contributed by atoms with Crippen molar-refractivity contribution in [3.8, 4) is 17.0 Å². The molecule has 1 aromatic carbocycles. The number of aromatic nitrogens is 5. The number of anilines is 1. The Balaban J connectivity index is 1.54. The van der Waals surface area contributed by atoms with Crippen molar-refractivity contribution in [2.24, 2.45) is 0 Å². The smallest absolute Gasteiger partial charge is 0.281 e. The summed E-state index contributed by atoms with van der Waals surface area (Å²) >= 11 is 0. The second-order valence-corrected chi connectivity index (χ2v) is 11.0. The van der Waals surface area contributed by atoms with Crippen LogP contribution in [0.2, 0.25) is 0 Å². The maximum Gasteiger partial charge on any atom is 0.281 e. The van der Waals surface area contributed by atoms with E-state index in [4.69, 9.17) is 4.74 Å². The maximum absolute atomic E-state index is 15.2. The fraction of sp³-hybridized carbons (Fsp3) is 0.409. The first-order valence-corrected chi connectivity index (χ1v) is 13.3. The molecule has 0 saturated carbocycles. The van der Waals surface area contributed by atoms with Gasteiger partial charge in [-0.2, -0.15) is 9.29 Å². The maximum atomic E-state index is 15.2. The van der Waals surface area contributed by atoms with Gasteiger partial charge in [0.1, 0.15) is 11.0 Å². The number of imidazole rings is 1. The fourth-order valence-corrected chi connectivity index (χ4v) is 5.43. The Morgan fingerprint density at radius 2 is 1.97 bits per heavy atom. The summed E-state index contributed by atoms with van der Waals surface area (Å²) in [7, 11) is -2.63. The Kier molecular flexibility index (Phi) is 6.61. The predicted octanol–water partition coefficient (Wildman–Crippen LogP) is 3.38. The van der Waals surface area contributed by atoms with E-state index in [1.165, 1.54) is 13.2 Å². The molecular formula is C22H21F6N7O3S. The average molecular weight is 578 g/mol. The third-order valence-electron chi connectivity index (χ3n) is 6.39. The van der Waals surface area contributed by atoms with E-state index in [1.807, 2.05) is 0 Å². The number of halogens is 6. The Labute approximate surface area is 217 Å². The number of fused-ring (bicyclic) bond motifs is 2. The van der Waals surface area contributed by atoms with E-state index in [1.54, 1.807) is 0 Å². The van der Waals surface area contributed by atoms with Crippen molar-refractivity contribution >= 4 is 32.5 Å². The first-order chi connectivity index (χ1) is 18.3. The van der Waals surface area contributed by atoms with Crippen LogP contribution in [0.3, 0.4) is 0 Å². The van der Waals surface area contributed by atoms with Gasteiger partial charge in [0.25, 0.3) is 12.3 Å². The van der Waals surface area contributed by atoms with Gasteiger partial charge in [0, 0.05) is 6.54 Å². The standard InChI is InChI=1S/C22H21F6N7O3S/c1-38-20-19-17(11-5-12(23)18-14(6-11)33(10-29-18)8-16(25)26)13(24)7-35(19)32-21(31-20)30-15-3-4-34(39(2,36)37)9-22(15,27)28/h5-7,10,15-16H,3-4,8-9H2,1-2H3,(H,30,32). The zero-order valence-corrected chi connectivity index (χ0v) is 21.2. The van der Waals surface area contributed by atoms with Gasteiger partial charge in [-0.3, -0.25) is 0 Å². The number of hydrogen-bond acceptors (Lipinski definition) is 7. The highest BCUT2D eigenvalue weighted by molar-refractivity contribution is 7.88.